The van der Waals surface area contributed by atoms with Gasteiger partial charge in [0.05, 0.1) is 5.92 Å². The molecule has 2 atom stereocenters. The number of likely N-dealkylation sites (tertiary alicyclic amines) is 1. The summed E-state index contributed by atoms with van der Waals surface area (Å²) in [5.74, 6) is -0.897. The van der Waals surface area contributed by atoms with Crippen molar-refractivity contribution in [2.45, 2.75) is 38.6 Å². The van der Waals surface area contributed by atoms with Gasteiger partial charge in [0.2, 0.25) is 0 Å². The Morgan fingerprint density at radius 2 is 2.28 bits per heavy atom. The van der Waals surface area contributed by atoms with Gasteiger partial charge in [-0.2, -0.15) is 0 Å². The molecule has 134 valence electrons. The number of aromatic nitrogens is 2. The topological polar surface area (TPSA) is 69.2 Å². The molecule has 0 unspecified atom stereocenters. The highest BCUT2D eigenvalue weighted by atomic mass is 19.1. The zero-order valence-electron chi connectivity index (χ0n) is 14.4. The lowest BCUT2D eigenvalue weighted by atomic mass is 9.89. The highest BCUT2D eigenvalue weighted by Crippen LogP contribution is 2.33. The van der Waals surface area contributed by atoms with E-state index >= 15 is 0 Å². The van der Waals surface area contributed by atoms with Gasteiger partial charge < -0.3 is 10.1 Å². The van der Waals surface area contributed by atoms with Gasteiger partial charge in [-0.3, -0.25) is 9.69 Å². The van der Waals surface area contributed by atoms with E-state index in [4.69, 9.17) is 0 Å². The number of rotatable bonds is 7. The Balaban J connectivity index is 1.69. The minimum Gasteiger partial charge on any atom is -0.481 e. The number of hydrogen-bond acceptors (Lipinski definition) is 3. The molecule has 2 N–H and O–H groups in total. The number of H-pyrrole nitrogens is 1. The molecule has 1 aromatic heterocycles. The molecular formula is C19H24FN3O2. The number of unbranched alkanes of at least 4 members (excludes halogenated alkanes) is 1. The normalized spacial score (nSPS) is 20.9. The quantitative estimate of drug-likeness (QED) is 0.809. The Morgan fingerprint density at radius 1 is 1.44 bits per heavy atom. The molecule has 1 aliphatic rings. The third-order valence-electron chi connectivity index (χ3n) is 4.83. The third-order valence-corrected chi connectivity index (χ3v) is 4.83. The molecule has 3 rings (SSSR count). The predicted molar refractivity (Wildman–Crippen MR) is 92.7 cm³/mol. The summed E-state index contributed by atoms with van der Waals surface area (Å²) in [5.41, 5.74) is 1.75. The number of halogens is 1. The molecule has 25 heavy (non-hydrogen) atoms. The predicted octanol–water partition coefficient (Wildman–Crippen LogP) is 3.19. The summed E-state index contributed by atoms with van der Waals surface area (Å²) in [6.07, 6.45) is 4.98. The van der Waals surface area contributed by atoms with Crippen molar-refractivity contribution in [1.29, 1.82) is 0 Å². The summed E-state index contributed by atoms with van der Waals surface area (Å²) in [4.78, 5) is 21.5. The van der Waals surface area contributed by atoms with E-state index in [1.54, 1.807) is 6.07 Å². The fourth-order valence-corrected chi connectivity index (χ4v) is 3.54. The van der Waals surface area contributed by atoms with Crippen molar-refractivity contribution < 1.29 is 14.3 Å². The largest absolute Gasteiger partial charge is 0.481 e. The molecular weight excluding hydrogens is 321 g/mol. The van der Waals surface area contributed by atoms with Crippen LogP contribution in [-0.2, 0) is 17.8 Å². The molecule has 5 nitrogen and oxygen atoms in total. The van der Waals surface area contributed by atoms with Crippen LogP contribution in [0.5, 0.6) is 0 Å². The van der Waals surface area contributed by atoms with Gasteiger partial charge in [-0.1, -0.05) is 25.5 Å². The van der Waals surface area contributed by atoms with E-state index in [1.165, 1.54) is 12.1 Å². The number of carboxylic acids is 1. The van der Waals surface area contributed by atoms with Gasteiger partial charge >= 0.3 is 5.97 Å². The van der Waals surface area contributed by atoms with Crippen LogP contribution in [0, 0.1) is 11.7 Å². The smallest absolute Gasteiger partial charge is 0.308 e. The fraction of sp³-hybridized carbons (Fsp3) is 0.474. The maximum absolute atomic E-state index is 13.5. The minimum absolute atomic E-state index is 0.198. The van der Waals surface area contributed by atoms with Gasteiger partial charge in [-0.15, -0.1) is 0 Å². The van der Waals surface area contributed by atoms with E-state index in [-0.39, 0.29) is 11.7 Å². The van der Waals surface area contributed by atoms with Gasteiger partial charge in [-0.05, 0) is 24.1 Å². The van der Waals surface area contributed by atoms with Gasteiger partial charge in [-0.25, -0.2) is 9.37 Å². The number of aryl methyl sites for hydroxylation is 1. The number of aromatic amines is 1. The van der Waals surface area contributed by atoms with Crippen molar-refractivity contribution in [3.05, 3.63) is 53.4 Å². The van der Waals surface area contributed by atoms with Gasteiger partial charge in [0, 0.05) is 43.9 Å². The zero-order chi connectivity index (χ0) is 17.8. The molecule has 1 aromatic carbocycles. The maximum Gasteiger partial charge on any atom is 0.308 e. The number of imidazole rings is 1. The van der Waals surface area contributed by atoms with Crippen LogP contribution in [0.3, 0.4) is 0 Å². The molecule has 0 radical (unpaired) electrons. The lowest BCUT2D eigenvalue weighted by Gasteiger charge is -2.15. The van der Waals surface area contributed by atoms with E-state index < -0.39 is 11.9 Å². The Hall–Kier alpha value is -2.21. The highest BCUT2D eigenvalue weighted by Gasteiger charge is 2.38. The lowest BCUT2D eigenvalue weighted by molar-refractivity contribution is -0.141. The van der Waals surface area contributed by atoms with Crippen molar-refractivity contribution in [3.63, 3.8) is 0 Å². The van der Waals surface area contributed by atoms with Crippen LogP contribution < -0.4 is 0 Å². The summed E-state index contributed by atoms with van der Waals surface area (Å²) >= 11 is 0. The number of nitrogens with zero attached hydrogens (tertiary/aromatic N) is 2. The molecule has 1 aliphatic heterocycles. The average Bonchev–Trinajstić information content (AvgIpc) is 3.20. The number of aliphatic carboxylic acids is 1. The summed E-state index contributed by atoms with van der Waals surface area (Å²) in [5, 5.41) is 9.56. The minimum atomic E-state index is -0.829. The second kappa shape index (κ2) is 7.78. The first-order valence-electron chi connectivity index (χ1n) is 8.80. The second-order valence-corrected chi connectivity index (χ2v) is 6.76. The molecule has 0 aliphatic carbocycles. The summed E-state index contributed by atoms with van der Waals surface area (Å²) in [6.45, 7) is 3.84. The monoisotopic (exact) mass is 345 g/mol. The Kier molecular flexibility index (Phi) is 5.48. The Morgan fingerprint density at radius 3 is 3.00 bits per heavy atom. The van der Waals surface area contributed by atoms with E-state index in [0.717, 1.165) is 36.3 Å². The molecule has 0 amide bonds. The number of carbonyl (C=O) groups is 1. The number of carboxylic acid groups (broad SMARTS) is 1. The fourth-order valence-electron chi connectivity index (χ4n) is 3.54. The van der Waals surface area contributed by atoms with E-state index in [0.29, 0.717) is 19.6 Å². The SMILES string of the molecule is CCCCc1ncc(CN2C[C@H](C(=O)O)[C@@H](c3cccc(F)c3)C2)[nH]1. The van der Waals surface area contributed by atoms with Crippen LogP contribution in [0.4, 0.5) is 4.39 Å². The molecule has 0 spiro atoms. The maximum atomic E-state index is 13.5. The van der Waals surface area contributed by atoms with Crippen LogP contribution in [0.25, 0.3) is 0 Å². The van der Waals surface area contributed by atoms with Crippen LogP contribution in [-0.4, -0.2) is 39.0 Å². The van der Waals surface area contributed by atoms with Crippen molar-refractivity contribution in [3.8, 4) is 0 Å². The van der Waals surface area contributed by atoms with Crippen LogP contribution in [0.2, 0.25) is 0 Å². The third kappa shape index (κ3) is 4.25. The first-order valence-corrected chi connectivity index (χ1v) is 8.80. The number of benzene rings is 1. The Bertz CT molecular complexity index is 731. The molecule has 2 heterocycles. The summed E-state index contributed by atoms with van der Waals surface area (Å²) in [6, 6.07) is 6.28. The van der Waals surface area contributed by atoms with Crippen LogP contribution in [0.15, 0.2) is 30.5 Å². The lowest BCUT2D eigenvalue weighted by Crippen LogP contribution is -2.23. The van der Waals surface area contributed by atoms with Crippen LogP contribution >= 0.6 is 0 Å². The second-order valence-electron chi connectivity index (χ2n) is 6.76. The van der Waals surface area contributed by atoms with Crippen molar-refractivity contribution >= 4 is 5.97 Å². The van der Waals surface area contributed by atoms with E-state index in [1.807, 2.05) is 12.3 Å². The highest BCUT2D eigenvalue weighted by molar-refractivity contribution is 5.72. The van der Waals surface area contributed by atoms with Gasteiger partial charge in [0.15, 0.2) is 0 Å². The zero-order valence-corrected chi connectivity index (χ0v) is 14.4. The molecule has 1 fully saturated rings. The number of hydrogen-bond donors (Lipinski definition) is 2. The first kappa shape index (κ1) is 17.6. The van der Waals surface area contributed by atoms with E-state index in [9.17, 15) is 14.3 Å². The van der Waals surface area contributed by atoms with Crippen molar-refractivity contribution in [2.24, 2.45) is 5.92 Å². The standard InChI is InChI=1S/C19H24FN3O2/c1-2-3-7-18-21-9-15(22-18)10-23-11-16(17(12-23)19(24)25)13-5-4-6-14(20)8-13/h4-6,8-9,16-17H,2-3,7,10-12H2,1H3,(H,21,22)(H,24,25)/t16-,17+/m1/s1. The molecule has 1 saturated heterocycles. The average molecular weight is 345 g/mol. The Labute approximate surface area is 146 Å². The molecule has 2 aromatic rings. The van der Waals surface area contributed by atoms with Crippen molar-refractivity contribution in [2.75, 3.05) is 13.1 Å². The molecule has 0 bridgehead atoms. The number of nitrogens with one attached hydrogen (secondary N) is 1. The van der Waals surface area contributed by atoms with Crippen molar-refractivity contribution in [1.82, 2.24) is 14.9 Å². The van der Waals surface area contributed by atoms with Gasteiger partial charge in [0.25, 0.3) is 0 Å². The molecule has 6 heteroatoms. The van der Waals surface area contributed by atoms with Crippen LogP contribution in [0.1, 0.15) is 42.8 Å². The van der Waals surface area contributed by atoms with Gasteiger partial charge in [0.1, 0.15) is 11.6 Å². The summed E-state index contributed by atoms with van der Waals surface area (Å²) < 4.78 is 13.5. The van der Waals surface area contributed by atoms with E-state index in [2.05, 4.69) is 21.8 Å². The molecule has 0 saturated carbocycles. The first-order chi connectivity index (χ1) is 12.1. The summed E-state index contributed by atoms with van der Waals surface area (Å²) in [7, 11) is 0.